The van der Waals surface area contributed by atoms with Crippen LogP contribution in [0.2, 0.25) is 0 Å². The van der Waals surface area contributed by atoms with Crippen LogP contribution in [0.25, 0.3) is 0 Å². The maximum atomic E-state index is 11.7. The second-order valence-electron chi connectivity index (χ2n) is 4.66. The van der Waals surface area contributed by atoms with E-state index in [1.807, 2.05) is 6.92 Å². The first kappa shape index (κ1) is 10.3. The van der Waals surface area contributed by atoms with Gasteiger partial charge in [-0.05, 0) is 31.6 Å². The molecule has 0 radical (unpaired) electrons. The zero-order chi connectivity index (χ0) is 10.1. The van der Waals surface area contributed by atoms with Gasteiger partial charge in [-0.2, -0.15) is 0 Å². The van der Waals surface area contributed by atoms with E-state index in [0.29, 0.717) is 24.3 Å². The molecule has 0 aromatic rings. The van der Waals surface area contributed by atoms with Crippen LogP contribution in [0.15, 0.2) is 0 Å². The second kappa shape index (κ2) is 4.09. The molecule has 14 heavy (non-hydrogen) atoms. The number of amides is 1. The first-order valence-electron chi connectivity index (χ1n) is 5.62. The molecule has 2 aliphatic rings. The lowest BCUT2D eigenvalue weighted by Gasteiger charge is -2.05. The maximum Gasteiger partial charge on any atom is 0.223 e. The molecular weight excluding hydrogens is 198 g/mol. The van der Waals surface area contributed by atoms with Crippen LogP contribution in [-0.2, 0) is 4.79 Å². The lowest BCUT2D eigenvalue weighted by Crippen LogP contribution is -2.30. The minimum absolute atomic E-state index is 0.0414. The highest BCUT2D eigenvalue weighted by atomic mass is 35.5. The molecule has 0 aromatic carbocycles. The quantitative estimate of drug-likeness (QED) is 0.719. The van der Waals surface area contributed by atoms with E-state index in [9.17, 15) is 4.79 Å². The van der Waals surface area contributed by atoms with Crippen molar-refractivity contribution in [2.24, 2.45) is 17.8 Å². The molecule has 2 saturated carbocycles. The highest BCUT2D eigenvalue weighted by Crippen LogP contribution is 2.55. The first-order valence-corrected chi connectivity index (χ1v) is 6.05. The summed E-state index contributed by atoms with van der Waals surface area (Å²) in [5.41, 5.74) is 0. The predicted octanol–water partition coefficient (Wildman–Crippen LogP) is 2.17. The molecule has 0 saturated heterocycles. The van der Waals surface area contributed by atoms with Crippen molar-refractivity contribution in [1.82, 2.24) is 5.32 Å². The molecule has 1 N–H and O–H groups in total. The van der Waals surface area contributed by atoms with Crippen LogP contribution in [0.4, 0.5) is 0 Å². The molecule has 0 aliphatic heterocycles. The van der Waals surface area contributed by atoms with E-state index in [1.54, 1.807) is 0 Å². The Morgan fingerprint density at radius 2 is 2.00 bits per heavy atom. The molecule has 80 valence electrons. The third-order valence-corrected chi connectivity index (χ3v) is 3.67. The number of rotatable bonds is 3. The highest BCUT2D eigenvalue weighted by Gasteiger charge is 2.54. The van der Waals surface area contributed by atoms with Crippen molar-refractivity contribution in [1.29, 1.82) is 0 Å². The van der Waals surface area contributed by atoms with Crippen molar-refractivity contribution in [3.8, 4) is 0 Å². The van der Waals surface area contributed by atoms with Crippen molar-refractivity contribution >= 4 is 17.5 Å². The van der Waals surface area contributed by atoms with Gasteiger partial charge < -0.3 is 5.32 Å². The molecule has 2 fully saturated rings. The topological polar surface area (TPSA) is 29.1 Å². The van der Waals surface area contributed by atoms with Gasteiger partial charge in [-0.3, -0.25) is 4.79 Å². The van der Waals surface area contributed by atoms with Crippen LogP contribution in [0.3, 0.4) is 0 Å². The van der Waals surface area contributed by atoms with Gasteiger partial charge in [-0.15, -0.1) is 11.6 Å². The van der Waals surface area contributed by atoms with Crippen LogP contribution in [0.5, 0.6) is 0 Å². The smallest absolute Gasteiger partial charge is 0.223 e. The maximum absolute atomic E-state index is 11.7. The monoisotopic (exact) mass is 215 g/mol. The van der Waals surface area contributed by atoms with E-state index in [1.165, 1.54) is 25.7 Å². The molecule has 0 bridgehead atoms. The van der Waals surface area contributed by atoms with Gasteiger partial charge in [0.05, 0.1) is 0 Å². The average Bonchev–Trinajstić information content (AvgIpc) is 2.88. The zero-order valence-electron chi connectivity index (χ0n) is 8.63. The largest absolute Gasteiger partial charge is 0.354 e. The molecule has 3 atom stereocenters. The molecule has 3 unspecified atom stereocenters. The van der Waals surface area contributed by atoms with E-state index in [2.05, 4.69) is 5.32 Å². The fourth-order valence-corrected chi connectivity index (χ4v) is 2.82. The summed E-state index contributed by atoms with van der Waals surface area (Å²) < 4.78 is 0. The molecular formula is C11H18ClNO. The summed E-state index contributed by atoms with van der Waals surface area (Å²) in [5.74, 6) is 1.98. The Bertz CT molecular complexity index is 217. The molecule has 3 heteroatoms. The lowest BCUT2D eigenvalue weighted by molar-refractivity contribution is -0.122. The van der Waals surface area contributed by atoms with Crippen molar-refractivity contribution in [3.05, 3.63) is 0 Å². The molecule has 0 aromatic heterocycles. The standard InChI is InChI=1S/C11H18ClNO/c1-7(12)6-13-11(14)10-8-4-2-3-5-9(8)10/h7-10H,2-6H2,1H3,(H,13,14). The number of alkyl halides is 1. The third-order valence-electron chi connectivity index (χ3n) is 3.52. The van der Waals surface area contributed by atoms with Gasteiger partial charge in [0.25, 0.3) is 0 Å². The third kappa shape index (κ3) is 2.05. The highest BCUT2D eigenvalue weighted by molar-refractivity contribution is 6.20. The summed E-state index contributed by atoms with van der Waals surface area (Å²) in [4.78, 5) is 11.7. The minimum Gasteiger partial charge on any atom is -0.354 e. The van der Waals surface area contributed by atoms with Crippen LogP contribution in [-0.4, -0.2) is 17.8 Å². The number of fused-ring (bicyclic) bond motifs is 1. The fraction of sp³-hybridized carbons (Fsp3) is 0.909. The number of carbonyl (C=O) groups is 1. The average molecular weight is 216 g/mol. The number of halogens is 1. The summed E-state index contributed by atoms with van der Waals surface area (Å²) in [6, 6.07) is 0. The van der Waals surface area contributed by atoms with Gasteiger partial charge >= 0.3 is 0 Å². The van der Waals surface area contributed by atoms with E-state index >= 15 is 0 Å². The second-order valence-corrected chi connectivity index (χ2v) is 5.41. The SMILES string of the molecule is CC(Cl)CNC(=O)C1C2CCCCC21. The van der Waals surface area contributed by atoms with Crippen molar-refractivity contribution < 1.29 is 4.79 Å². The van der Waals surface area contributed by atoms with Gasteiger partial charge in [0, 0.05) is 17.8 Å². The lowest BCUT2D eigenvalue weighted by atomic mass is 10.0. The van der Waals surface area contributed by atoms with Crippen LogP contribution < -0.4 is 5.32 Å². The molecule has 2 aliphatic carbocycles. The Morgan fingerprint density at radius 3 is 2.50 bits per heavy atom. The minimum atomic E-state index is 0.0414. The van der Waals surface area contributed by atoms with Crippen molar-refractivity contribution in [3.63, 3.8) is 0 Å². The van der Waals surface area contributed by atoms with Gasteiger partial charge in [-0.1, -0.05) is 12.8 Å². The van der Waals surface area contributed by atoms with Crippen molar-refractivity contribution in [2.75, 3.05) is 6.54 Å². The van der Waals surface area contributed by atoms with E-state index in [-0.39, 0.29) is 11.3 Å². The summed E-state index contributed by atoms with van der Waals surface area (Å²) in [6.45, 7) is 2.51. The van der Waals surface area contributed by atoms with Gasteiger partial charge in [0.15, 0.2) is 0 Å². The normalized spacial score (nSPS) is 37.1. The Kier molecular flexibility index (Phi) is 3.01. The van der Waals surface area contributed by atoms with E-state index in [0.717, 1.165) is 0 Å². The van der Waals surface area contributed by atoms with Gasteiger partial charge in [0.2, 0.25) is 5.91 Å². The first-order chi connectivity index (χ1) is 6.70. The molecule has 2 rings (SSSR count). The summed E-state index contributed by atoms with van der Waals surface area (Å²) in [7, 11) is 0. The van der Waals surface area contributed by atoms with Crippen LogP contribution in [0, 0.1) is 17.8 Å². The zero-order valence-corrected chi connectivity index (χ0v) is 9.39. The molecule has 0 spiro atoms. The Labute approximate surface area is 90.4 Å². The summed E-state index contributed by atoms with van der Waals surface area (Å²) in [6.07, 6.45) is 5.16. The van der Waals surface area contributed by atoms with Crippen LogP contribution in [0.1, 0.15) is 32.6 Å². The molecule has 1 amide bonds. The van der Waals surface area contributed by atoms with E-state index in [4.69, 9.17) is 11.6 Å². The number of carbonyl (C=O) groups excluding carboxylic acids is 1. The number of hydrogen-bond acceptors (Lipinski definition) is 1. The number of nitrogens with one attached hydrogen (secondary N) is 1. The fourth-order valence-electron chi connectivity index (χ4n) is 2.74. The van der Waals surface area contributed by atoms with Crippen molar-refractivity contribution in [2.45, 2.75) is 38.0 Å². The summed E-state index contributed by atoms with van der Waals surface area (Å²) in [5, 5.41) is 2.97. The van der Waals surface area contributed by atoms with Gasteiger partial charge in [-0.25, -0.2) is 0 Å². The molecule has 2 nitrogen and oxygen atoms in total. The van der Waals surface area contributed by atoms with Crippen LogP contribution >= 0.6 is 11.6 Å². The van der Waals surface area contributed by atoms with E-state index < -0.39 is 0 Å². The Balaban J connectivity index is 1.77. The predicted molar refractivity (Wildman–Crippen MR) is 57.3 cm³/mol. The van der Waals surface area contributed by atoms with Gasteiger partial charge in [0.1, 0.15) is 0 Å². The number of hydrogen-bond donors (Lipinski definition) is 1. The Hall–Kier alpha value is -0.240. The molecule has 0 heterocycles. The summed E-state index contributed by atoms with van der Waals surface area (Å²) >= 11 is 5.79. The Morgan fingerprint density at radius 1 is 1.43 bits per heavy atom.